The first-order valence-electron chi connectivity index (χ1n) is 8.75. The highest BCUT2D eigenvalue weighted by Crippen LogP contribution is 2.19. The lowest BCUT2D eigenvalue weighted by molar-refractivity contribution is -0.148. The van der Waals surface area contributed by atoms with Crippen molar-refractivity contribution >= 4 is 35.2 Å². The lowest BCUT2D eigenvalue weighted by Crippen LogP contribution is -2.33. The first-order chi connectivity index (χ1) is 13.5. The Balaban J connectivity index is 1.58. The third-order valence-electron chi connectivity index (χ3n) is 4.49. The molecule has 3 rings (SSSR count). The summed E-state index contributed by atoms with van der Waals surface area (Å²) in [6.45, 7) is 1.58. The van der Waals surface area contributed by atoms with E-state index < -0.39 is 5.97 Å². The van der Waals surface area contributed by atoms with Gasteiger partial charge in [0, 0.05) is 19.3 Å². The minimum absolute atomic E-state index is 0.125. The van der Waals surface area contributed by atoms with Crippen LogP contribution in [0.4, 0.5) is 0 Å². The maximum atomic E-state index is 12.3. The molecule has 0 bridgehead atoms. The van der Waals surface area contributed by atoms with E-state index in [2.05, 4.69) is 4.98 Å². The molecule has 0 saturated carbocycles. The molecule has 7 heteroatoms. The van der Waals surface area contributed by atoms with Crippen molar-refractivity contribution in [3.05, 3.63) is 77.2 Å². The molecule has 0 saturated heterocycles. The zero-order valence-electron chi connectivity index (χ0n) is 15.6. The second kappa shape index (κ2) is 8.71. The van der Waals surface area contributed by atoms with Crippen molar-refractivity contribution in [2.45, 2.75) is 13.0 Å². The highest BCUT2D eigenvalue weighted by molar-refractivity contribution is 6.31. The standard InChI is InChI=1S/C21H20ClN3O3/c1-15(16-8-4-3-5-9-16)24(2)19(26)14-28-20(27)12-11-17-21(22)23-18-10-6-7-13-25(17)18/h3-13,15H,14H2,1-2H3/b12-11+/t15-/m1/s1. The van der Waals surface area contributed by atoms with Crippen LogP contribution in [-0.2, 0) is 14.3 Å². The normalized spacial score (nSPS) is 12.2. The minimum Gasteiger partial charge on any atom is -0.452 e. The smallest absolute Gasteiger partial charge is 0.331 e. The van der Waals surface area contributed by atoms with E-state index in [1.807, 2.05) is 55.5 Å². The highest BCUT2D eigenvalue weighted by Gasteiger charge is 2.18. The molecule has 1 aromatic carbocycles. The quantitative estimate of drug-likeness (QED) is 0.469. The number of hydrogen-bond acceptors (Lipinski definition) is 4. The van der Waals surface area contributed by atoms with Crippen molar-refractivity contribution in [2.24, 2.45) is 0 Å². The molecule has 3 aromatic rings. The zero-order valence-corrected chi connectivity index (χ0v) is 16.3. The van der Waals surface area contributed by atoms with Gasteiger partial charge in [0.05, 0.1) is 11.7 Å². The van der Waals surface area contributed by atoms with Gasteiger partial charge >= 0.3 is 5.97 Å². The summed E-state index contributed by atoms with van der Waals surface area (Å²) in [5, 5.41) is 0.280. The largest absolute Gasteiger partial charge is 0.452 e. The summed E-state index contributed by atoms with van der Waals surface area (Å²) < 4.78 is 6.83. The number of ether oxygens (including phenoxy) is 1. The van der Waals surface area contributed by atoms with Crippen molar-refractivity contribution < 1.29 is 14.3 Å². The number of likely N-dealkylation sites (N-methyl/N-ethyl adjacent to an activating group) is 1. The topological polar surface area (TPSA) is 63.9 Å². The Hall–Kier alpha value is -3.12. The van der Waals surface area contributed by atoms with Gasteiger partial charge in [-0.15, -0.1) is 0 Å². The summed E-state index contributed by atoms with van der Waals surface area (Å²) in [6, 6.07) is 15.0. The molecule has 6 nitrogen and oxygen atoms in total. The van der Waals surface area contributed by atoms with Gasteiger partial charge < -0.3 is 9.64 Å². The van der Waals surface area contributed by atoms with E-state index >= 15 is 0 Å². The van der Waals surface area contributed by atoms with Crippen LogP contribution in [0.2, 0.25) is 5.15 Å². The third-order valence-corrected chi connectivity index (χ3v) is 4.77. The number of carbonyl (C=O) groups is 2. The first-order valence-corrected chi connectivity index (χ1v) is 9.13. The number of esters is 1. The number of amides is 1. The molecule has 0 aliphatic heterocycles. The summed E-state index contributed by atoms with van der Waals surface area (Å²) in [5.74, 6) is -0.915. The maximum absolute atomic E-state index is 12.3. The predicted octanol–water partition coefficient (Wildman–Crippen LogP) is 3.76. The van der Waals surface area contributed by atoms with E-state index in [0.29, 0.717) is 11.3 Å². The van der Waals surface area contributed by atoms with Crippen LogP contribution in [0.15, 0.2) is 60.8 Å². The number of fused-ring (bicyclic) bond motifs is 1. The monoisotopic (exact) mass is 397 g/mol. The Morgan fingerprint density at radius 2 is 1.93 bits per heavy atom. The van der Waals surface area contributed by atoms with E-state index in [9.17, 15) is 9.59 Å². The van der Waals surface area contributed by atoms with Crippen molar-refractivity contribution in [1.29, 1.82) is 0 Å². The van der Waals surface area contributed by atoms with Crippen LogP contribution < -0.4 is 0 Å². The van der Waals surface area contributed by atoms with E-state index in [4.69, 9.17) is 16.3 Å². The second-order valence-electron chi connectivity index (χ2n) is 6.25. The molecule has 144 valence electrons. The third kappa shape index (κ3) is 4.40. The summed E-state index contributed by atoms with van der Waals surface area (Å²) in [4.78, 5) is 30.1. The van der Waals surface area contributed by atoms with Crippen LogP contribution in [0.1, 0.15) is 24.2 Å². The molecule has 2 heterocycles. The Kier molecular flexibility index (Phi) is 6.11. The SMILES string of the molecule is C[C@H](c1ccccc1)N(C)C(=O)COC(=O)/C=C/c1c(Cl)nc2ccccn12. The summed E-state index contributed by atoms with van der Waals surface area (Å²) in [6.07, 6.45) is 4.55. The van der Waals surface area contributed by atoms with E-state index in [1.165, 1.54) is 12.2 Å². The van der Waals surface area contributed by atoms with Gasteiger partial charge in [0.1, 0.15) is 5.65 Å². The van der Waals surface area contributed by atoms with Crippen LogP contribution in [0.5, 0.6) is 0 Å². The molecular formula is C21H20ClN3O3. The summed E-state index contributed by atoms with van der Waals surface area (Å²) >= 11 is 6.12. The fourth-order valence-electron chi connectivity index (χ4n) is 2.74. The van der Waals surface area contributed by atoms with Gasteiger partial charge in [-0.3, -0.25) is 9.20 Å². The minimum atomic E-state index is -0.629. The number of carbonyl (C=O) groups excluding carboxylic acids is 2. The Morgan fingerprint density at radius 3 is 2.68 bits per heavy atom. The van der Waals surface area contributed by atoms with Gasteiger partial charge in [-0.1, -0.05) is 48.0 Å². The van der Waals surface area contributed by atoms with Crippen molar-refractivity contribution in [1.82, 2.24) is 14.3 Å². The summed E-state index contributed by atoms with van der Waals surface area (Å²) in [7, 11) is 1.68. The molecule has 2 aromatic heterocycles. The van der Waals surface area contributed by atoms with Crippen molar-refractivity contribution in [2.75, 3.05) is 13.7 Å². The van der Waals surface area contributed by atoms with Gasteiger partial charge in [-0.25, -0.2) is 9.78 Å². The van der Waals surface area contributed by atoms with E-state index in [0.717, 1.165) is 5.56 Å². The fourth-order valence-corrected chi connectivity index (χ4v) is 2.98. The molecule has 1 amide bonds. The Labute approximate surface area is 168 Å². The molecule has 0 aliphatic carbocycles. The number of nitrogens with zero attached hydrogens (tertiary/aromatic N) is 3. The van der Waals surface area contributed by atoms with Crippen LogP contribution in [0, 0.1) is 0 Å². The average molecular weight is 398 g/mol. The number of hydrogen-bond donors (Lipinski definition) is 0. The number of pyridine rings is 1. The highest BCUT2D eigenvalue weighted by atomic mass is 35.5. The first kappa shape index (κ1) is 19.6. The van der Waals surface area contributed by atoms with Crippen LogP contribution in [0.25, 0.3) is 11.7 Å². The number of benzene rings is 1. The maximum Gasteiger partial charge on any atom is 0.331 e. The van der Waals surface area contributed by atoms with E-state index in [-0.39, 0.29) is 23.7 Å². The molecule has 0 N–H and O–H groups in total. The molecule has 0 spiro atoms. The van der Waals surface area contributed by atoms with Gasteiger partial charge in [0.25, 0.3) is 5.91 Å². The lowest BCUT2D eigenvalue weighted by Gasteiger charge is -2.25. The summed E-state index contributed by atoms with van der Waals surface area (Å²) in [5.41, 5.74) is 2.24. The Bertz CT molecular complexity index is 1010. The molecule has 0 fully saturated rings. The molecule has 0 aliphatic rings. The second-order valence-corrected chi connectivity index (χ2v) is 6.61. The number of rotatable bonds is 6. The van der Waals surface area contributed by atoms with Crippen LogP contribution >= 0.6 is 11.6 Å². The predicted molar refractivity (Wildman–Crippen MR) is 108 cm³/mol. The van der Waals surface area contributed by atoms with Crippen molar-refractivity contribution in [3.63, 3.8) is 0 Å². The van der Waals surface area contributed by atoms with Gasteiger partial charge in [0.15, 0.2) is 11.8 Å². The molecule has 28 heavy (non-hydrogen) atoms. The number of aromatic nitrogens is 2. The number of imidazole rings is 1. The lowest BCUT2D eigenvalue weighted by atomic mass is 10.1. The molecule has 0 unspecified atom stereocenters. The molecular weight excluding hydrogens is 378 g/mol. The van der Waals surface area contributed by atoms with Gasteiger partial charge in [-0.2, -0.15) is 0 Å². The zero-order chi connectivity index (χ0) is 20.1. The van der Waals surface area contributed by atoms with Crippen LogP contribution in [-0.4, -0.2) is 39.8 Å². The van der Waals surface area contributed by atoms with Gasteiger partial charge in [-0.05, 0) is 30.7 Å². The molecule has 1 atom stereocenters. The average Bonchev–Trinajstić information content (AvgIpc) is 3.04. The number of halogens is 1. The molecule has 0 radical (unpaired) electrons. The van der Waals surface area contributed by atoms with Crippen LogP contribution in [0.3, 0.4) is 0 Å². The Morgan fingerprint density at radius 1 is 1.21 bits per heavy atom. The fraction of sp³-hybridized carbons (Fsp3) is 0.190. The van der Waals surface area contributed by atoms with Gasteiger partial charge in [0.2, 0.25) is 0 Å². The van der Waals surface area contributed by atoms with E-state index in [1.54, 1.807) is 22.5 Å². The van der Waals surface area contributed by atoms with Crippen molar-refractivity contribution in [3.8, 4) is 0 Å².